The van der Waals surface area contributed by atoms with Crippen LogP contribution in [0.5, 0.6) is 0 Å². The van der Waals surface area contributed by atoms with E-state index >= 15 is 0 Å². The zero-order valence-corrected chi connectivity index (χ0v) is 12.3. The van der Waals surface area contributed by atoms with Crippen LogP contribution in [0.4, 0.5) is 5.69 Å². The number of hydrogen-bond acceptors (Lipinski definition) is 3. The van der Waals surface area contributed by atoms with E-state index in [4.69, 9.17) is 5.26 Å². The third-order valence-electron chi connectivity index (χ3n) is 2.88. The molecule has 0 saturated heterocycles. The Morgan fingerprint density at radius 3 is 2.55 bits per heavy atom. The maximum absolute atomic E-state index is 12.1. The molecule has 1 amide bonds. The molecule has 0 aliphatic carbocycles. The van der Waals surface area contributed by atoms with Gasteiger partial charge in [-0.3, -0.25) is 4.79 Å². The van der Waals surface area contributed by atoms with Crippen LogP contribution < -0.4 is 5.32 Å². The lowest BCUT2D eigenvalue weighted by atomic mass is 9.90. The molecule has 0 bridgehead atoms. The van der Waals surface area contributed by atoms with Crippen molar-refractivity contribution in [3.63, 3.8) is 0 Å². The van der Waals surface area contributed by atoms with Gasteiger partial charge in [-0.15, -0.1) is 0 Å². The van der Waals surface area contributed by atoms with Gasteiger partial charge in [-0.1, -0.05) is 39.8 Å². The highest BCUT2D eigenvalue weighted by Crippen LogP contribution is 2.26. The molecule has 1 aromatic carbocycles. The van der Waals surface area contributed by atoms with Crippen molar-refractivity contribution >= 4 is 11.6 Å². The van der Waals surface area contributed by atoms with E-state index in [1.807, 2.05) is 25.1 Å². The molecule has 20 heavy (non-hydrogen) atoms. The van der Waals surface area contributed by atoms with Crippen molar-refractivity contribution in [2.24, 2.45) is 5.41 Å². The number of carbonyl (C=O) groups excluding carboxylic acids is 1. The molecule has 0 aromatic heterocycles. The highest BCUT2D eigenvalue weighted by Gasteiger charge is 2.25. The van der Waals surface area contributed by atoms with E-state index in [1.54, 1.807) is 32.9 Å². The molecule has 0 fully saturated rings. The maximum atomic E-state index is 12.1. The van der Waals surface area contributed by atoms with E-state index in [0.29, 0.717) is 5.69 Å². The molecule has 1 rings (SSSR count). The van der Waals surface area contributed by atoms with Crippen LogP contribution in [0.2, 0.25) is 0 Å². The van der Waals surface area contributed by atoms with Gasteiger partial charge in [0.2, 0.25) is 0 Å². The van der Waals surface area contributed by atoms with Crippen LogP contribution >= 0.6 is 0 Å². The summed E-state index contributed by atoms with van der Waals surface area (Å²) in [7, 11) is 0. The summed E-state index contributed by atoms with van der Waals surface area (Å²) in [5, 5.41) is 21.7. The summed E-state index contributed by atoms with van der Waals surface area (Å²) in [6, 6.07) is 9.18. The molecule has 0 aliphatic heterocycles. The van der Waals surface area contributed by atoms with Crippen LogP contribution in [-0.2, 0) is 11.2 Å². The average Bonchev–Trinajstić information content (AvgIpc) is 2.38. The van der Waals surface area contributed by atoms with E-state index in [0.717, 1.165) is 12.0 Å². The van der Waals surface area contributed by atoms with Crippen LogP contribution in [-0.4, -0.2) is 11.0 Å². The zero-order chi connectivity index (χ0) is 15.3. The first-order valence-corrected chi connectivity index (χ1v) is 6.53. The lowest BCUT2D eigenvalue weighted by Crippen LogP contribution is -2.20. The fourth-order valence-electron chi connectivity index (χ4n) is 1.65. The average molecular weight is 272 g/mol. The van der Waals surface area contributed by atoms with E-state index in [1.165, 1.54) is 0 Å². The minimum Gasteiger partial charge on any atom is -0.510 e. The SMILES string of the molecule is CCc1cccc(NC(=O)/C(C#N)=C(\O)C(C)(C)C)c1. The number of aryl methyl sites for hydroxylation is 1. The predicted molar refractivity (Wildman–Crippen MR) is 79.2 cm³/mol. The Balaban J connectivity index is 3.03. The largest absolute Gasteiger partial charge is 0.510 e. The Morgan fingerprint density at radius 1 is 1.40 bits per heavy atom. The van der Waals surface area contributed by atoms with Crippen LogP contribution in [0.1, 0.15) is 33.3 Å². The van der Waals surface area contributed by atoms with Crippen molar-refractivity contribution in [1.29, 1.82) is 5.26 Å². The van der Waals surface area contributed by atoms with E-state index in [9.17, 15) is 9.90 Å². The number of allylic oxidation sites excluding steroid dienone is 1. The summed E-state index contributed by atoms with van der Waals surface area (Å²) >= 11 is 0. The molecule has 1 aromatic rings. The summed E-state index contributed by atoms with van der Waals surface area (Å²) in [6.07, 6.45) is 0.859. The predicted octanol–water partition coefficient (Wildman–Crippen LogP) is 3.57. The third kappa shape index (κ3) is 3.86. The highest BCUT2D eigenvalue weighted by atomic mass is 16.3. The number of amides is 1. The summed E-state index contributed by atoms with van der Waals surface area (Å²) in [5.41, 5.74) is 0.807. The van der Waals surface area contributed by atoms with E-state index in [2.05, 4.69) is 5.32 Å². The summed E-state index contributed by atoms with van der Waals surface area (Å²) < 4.78 is 0. The Labute approximate surface area is 119 Å². The van der Waals surface area contributed by atoms with Gasteiger partial charge in [-0.05, 0) is 24.1 Å². The number of nitriles is 1. The van der Waals surface area contributed by atoms with E-state index < -0.39 is 11.3 Å². The molecule has 106 valence electrons. The quantitative estimate of drug-likeness (QED) is 0.502. The van der Waals surface area contributed by atoms with Gasteiger partial charge in [-0.2, -0.15) is 5.26 Å². The van der Waals surface area contributed by atoms with Crippen LogP contribution in [0.25, 0.3) is 0 Å². The molecule has 2 N–H and O–H groups in total. The fraction of sp³-hybridized carbons (Fsp3) is 0.375. The Morgan fingerprint density at radius 2 is 2.05 bits per heavy atom. The third-order valence-corrected chi connectivity index (χ3v) is 2.88. The second-order valence-electron chi connectivity index (χ2n) is 5.59. The second-order valence-corrected chi connectivity index (χ2v) is 5.59. The van der Waals surface area contributed by atoms with Crippen LogP contribution in [0.3, 0.4) is 0 Å². The van der Waals surface area contributed by atoms with Gasteiger partial charge >= 0.3 is 0 Å². The number of benzene rings is 1. The molecule has 0 radical (unpaired) electrons. The maximum Gasteiger partial charge on any atom is 0.269 e. The monoisotopic (exact) mass is 272 g/mol. The second kappa shape index (κ2) is 6.25. The van der Waals surface area contributed by atoms with Gasteiger partial charge in [0.05, 0.1) is 0 Å². The number of aliphatic hydroxyl groups is 1. The van der Waals surface area contributed by atoms with Crippen molar-refractivity contribution in [2.45, 2.75) is 34.1 Å². The smallest absolute Gasteiger partial charge is 0.269 e. The number of aliphatic hydroxyl groups excluding tert-OH is 1. The summed E-state index contributed by atoms with van der Waals surface area (Å²) in [4.78, 5) is 12.1. The lowest BCUT2D eigenvalue weighted by Gasteiger charge is -2.18. The number of nitrogens with one attached hydrogen (secondary N) is 1. The van der Waals surface area contributed by atoms with Crippen molar-refractivity contribution < 1.29 is 9.90 Å². The molecule has 4 nitrogen and oxygen atoms in total. The first-order chi connectivity index (χ1) is 9.29. The lowest BCUT2D eigenvalue weighted by molar-refractivity contribution is -0.112. The molecule has 4 heteroatoms. The van der Waals surface area contributed by atoms with Crippen molar-refractivity contribution in [1.82, 2.24) is 0 Å². The van der Waals surface area contributed by atoms with Gasteiger partial charge < -0.3 is 10.4 Å². The molecule has 0 spiro atoms. The Kier molecular flexibility index (Phi) is 4.93. The summed E-state index contributed by atoms with van der Waals surface area (Å²) in [6.45, 7) is 7.24. The molecular weight excluding hydrogens is 252 g/mol. The Bertz CT molecular complexity index is 575. The molecular formula is C16H20N2O2. The fourth-order valence-corrected chi connectivity index (χ4v) is 1.65. The van der Waals surface area contributed by atoms with Gasteiger partial charge in [0.1, 0.15) is 11.8 Å². The Hall–Kier alpha value is -2.28. The molecule has 0 atom stereocenters. The van der Waals surface area contributed by atoms with Gasteiger partial charge in [-0.25, -0.2) is 0 Å². The zero-order valence-electron chi connectivity index (χ0n) is 12.3. The first-order valence-electron chi connectivity index (χ1n) is 6.53. The minimum absolute atomic E-state index is 0.204. The van der Waals surface area contributed by atoms with Gasteiger partial charge in [0.25, 0.3) is 5.91 Å². The topological polar surface area (TPSA) is 73.1 Å². The van der Waals surface area contributed by atoms with Crippen molar-refractivity contribution in [3.05, 3.63) is 41.2 Å². The standard InChI is InChI=1S/C16H20N2O2/c1-5-11-7-6-8-12(9-11)18-15(20)13(10-17)14(19)16(2,3)4/h6-9,19H,5H2,1-4H3,(H,18,20)/b14-13-. The van der Waals surface area contributed by atoms with Crippen LogP contribution in [0.15, 0.2) is 35.6 Å². The number of nitrogens with zero attached hydrogens (tertiary/aromatic N) is 1. The van der Waals surface area contributed by atoms with E-state index in [-0.39, 0.29) is 11.3 Å². The van der Waals surface area contributed by atoms with Gasteiger partial charge in [0, 0.05) is 11.1 Å². The molecule has 0 heterocycles. The van der Waals surface area contributed by atoms with Crippen molar-refractivity contribution in [2.75, 3.05) is 5.32 Å². The summed E-state index contributed by atoms with van der Waals surface area (Å²) in [5.74, 6) is -0.794. The minimum atomic E-state index is -0.645. The molecule has 0 saturated carbocycles. The van der Waals surface area contributed by atoms with Crippen LogP contribution in [0, 0.1) is 16.7 Å². The normalized spacial score (nSPS) is 12.3. The van der Waals surface area contributed by atoms with Gasteiger partial charge in [0.15, 0.2) is 5.57 Å². The number of rotatable bonds is 3. The number of hydrogen-bond donors (Lipinski definition) is 2. The first kappa shape index (κ1) is 15.8. The number of anilines is 1. The van der Waals surface area contributed by atoms with Crippen molar-refractivity contribution in [3.8, 4) is 6.07 Å². The number of carbonyl (C=O) groups is 1. The highest BCUT2D eigenvalue weighted by molar-refractivity contribution is 6.07. The molecule has 0 aliphatic rings. The molecule has 0 unspecified atom stereocenters.